The van der Waals surface area contributed by atoms with Gasteiger partial charge in [0.1, 0.15) is 5.82 Å². The van der Waals surface area contributed by atoms with Gasteiger partial charge in [-0.3, -0.25) is 9.10 Å². The van der Waals surface area contributed by atoms with Crippen molar-refractivity contribution < 1.29 is 27.1 Å². The van der Waals surface area contributed by atoms with Gasteiger partial charge < -0.3 is 10.1 Å². The number of nitrogens with one attached hydrogen (secondary N) is 1. The van der Waals surface area contributed by atoms with Crippen molar-refractivity contribution in [1.82, 2.24) is 0 Å². The van der Waals surface area contributed by atoms with E-state index in [1.807, 2.05) is 0 Å². The second-order valence-electron chi connectivity index (χ2n) is 6.67. The summed E-state index contributed by atoms with van der Waals surface area (Å²) >= 11 is 0. The number of anilines is 2. The number of benzene rings is 3. The van der Waals surface area contributed by atoms with Crippen LogP contribution in [0.15, 0.2) is 83.8 Å². The second-order valence-corrected chi connectivity index (χ2v) is 8.53. The smallest absolute Gasteiger partial charge is 0.338 e. The molecule has 32 heavy (non-hydrogen) atoms. The summed E-state index contributed by atoms with van der Waals surface area (Å²) < 4.78 is 45.6. The highest BCUT2D eigenvalue weighted by Gasteiger charge is 2.24. The fourth-order valence-corrected chi connectivity index (χ4v) is 4.49. The number of carbonyl (C=O) groups excluding carboxylic acids is 2. The van der Waals surface area contributed by atoms with Gasteiger partial charge in [-0.15, -0.1) is 0 Å². The summed E-state index contributed by atoms with van der Waals surface area (Å²) in [4.78, 5) is 24.2. The number of halogens is 1. The Morgan fingerprint density at radius 1 is 0.969 bits per heavy atom. The Morgan fingerprint density at radius 3 is 2.38 bits per heavy atom. The molecule has 0 spiro atoms. The Morgan fingerprint density at radius 2 is 1.69 bits per heavy atom. The molecule has 3 rings (SSSR count). The molecule has 0 heterocycles. The van der Waals surface area contributed by atoms with Crippen LogP contribution in [0.1, 0.15) is 17.3 Å². The zero-order valence-corrected chi connectivity index (χ0v) is 18.0. The van der Waals surface area contributed by atoms with Crippen molar-refractivity contribution in [2.24, 2.45) is 0 Å². The number of carbonyl (C=O) groups is 2. The third-order valence-corrected chi connectivity index (χ3v) is 6.33. The van der Waals surface area contributed by atoms with E-state index in [4.69, 9.17) is 4.74 Å². The topological polar surface area (TPSA) is 92.8 Å². The van der Waals surface area contributed by atoms with Gasteiger partial charge >= 0.3 is 5.97 Å². The summed E-state index contributed by atoms with van der Waals surface area (Å²) in [6.07, 6.45) is 0. The Bertz CT molecular complexity index is 1220. The predicted octanol–water partition coefficient (Wildman–Crippen LogP) is 3.84. The lowest BCUT2D eigenvalue weighted by Gasteiger charge is -2.23. The summed E-state index contributed by atoms with van der Waals surface area (Å²) in [5, 5.41) is 2.41. The molecule has 0 saturated heterocycles. The number of hydrogen-bond acceptors (Lipinski definition) is 5. The number of nitrogens with zero attached hydrogens (tertiary/aromatic N) is 1. The number of rotatable bonds is 8. The van der Waals surface area contributed by atoms with Gasteiger partial charge in [-0.05, 0) is 55.5 Å². The number of sulfonamides is 1. The Kier molecular flexibility index (Phi) is 7.21. The van der Waals surface area contributed by atoms with Crippen molar-refractivity contribution in [2.45, 2.75) is 11.8 Å². The third-order valence-electron chi connectivity index (χ3n) is 4.43. The van der Waals surface area contributed by atoms with Gasteiger partial charge in [0.25, 0.3) is 15.9 Å². The number of hydrogen-bond donors (Lipinski definition) is 1. The summed E-state index contributed by atoms with van der Waals surface area (Å²) in [6, 6.07) is 19.3. The van der Waals surface area contributed by atoms with E-state index in [-0.39, 0.29) is 22.7 Å². The minimum atomic E-state index is -3.93. The van der Waals surface area contributed by atoms with Crippen molar-refractivity contribution in [2.75, 3.05) is 22.8 Å². The van der Waals surface area contributed by atoms with Crippen LogP contribution in [0.3, 0.4) is 0 Å². The van der Waals surface area contributed by atoms with E-state index < -0.39 is 34.3 Å². The van der Waals surface area contributed by atoms with E-state index in [0.717, 1.165) is 6.07 Å². The molecular weight excluding hydrogens is 435 g/mol. The summed E-state index contributed by atoms with van der Waals surface area (Å²) in [7, 11) is -3.93. The molecular formula is C23H21FN2O5S. The first-order valence-electron chi connectivity index (χ1n) is 9.71. The zero-order chi connectivity index (χ0) is 23.1. The normalized spacial score (nSPS) is 10.9. The molecule has 0 aliphatic carbocycles. The maximum absolute atomic E-state index is 13.2. The van der Waals surface area contributed by atoms with Gasteiger partial charge in [0.2, 0.25) is 0 Å². The molecule has 0 aromatic heterocycles. The van der Waals surface area contributed by atoms with Crippen molar-refractivity contribution in [3.8, 4) is 0 Å². The third kappa shape index (κ3) is 5.50. The minimum Gasteiger partial charge on any atom is -0.452 e. The molecule has 166 valence electrons. The highest BCUT2D eigenvalue weighted by Crippen LogP contribution is 2.24. The number of para-hydroxylation sites is 1. The lowest BCUT2D eigenvalue weighted by atomic mass is 10.2. The fourth-order valence-electron chi connectivity index (χ4n) is 2.97. The van der Waals surface area contributed by atoms with Crippen LogP contribution in [0.4, 0.5) is 15.8 Å². The van der Waals surface area contributed by atoms with E-state index in [9.17, 15) is 22.4 Å². The molecule has 0 aliphatic rings. The van der Waals surface area contributed by atoms with Crippen molar-refractivity contribution in [1.29, 1.82) is 0 Å². The molecule has 0 saturated carbocycles. The maximum atomic E-state index is 13.2. The Labute approximate surface area is 185 Å². The molecule has 1 N–H and O–H groups in total. The van der Waals surface area contributed by atoms with Crippen LogP contribution in [0.5, 0.6) is 0 Å². The highest BCUT2D eigenvalue weighted by atomic mass is 32.2. The molecule has 3 aromatic carbocycles. The molecule has 0 atom stereocenters. The first-order valence-corrected chi connectivity index (χ1v) is 11.2. The highest BCUT2D eigenvalue weighted by molar-refractivity contribution is 7.92. The molecule has 0 unspecified atom stereocenters. The van der Waals surface area contributed by atoms with Gasteiger partial charge in [0.15, 0.2) is 6.61 Å². The average molecular weight is 456 g/mol. The van der Waals surface area contributed by atoms with Crippen LogP contribution >= 0.6 is 0 Å². The lowest BCUT2D eigenvalue weighted by Crippen LogP contribution is -2.30. The molecule has 1 amide bonds. The first kappa shape index (κ1) is 23.0. The predicted molar refractivity (Wildman–Crippen MR) is 118 cm³/mol. The van der Waals surface area contributed by atoms with E-state index in [0.29, 0.717) is 5.69 Å². The van der Waals surface area contributed by atoms with E-state index in [1.54, 1.807) is 37.3 Å². The van der Waals surface area contributed by atoms with Crippen LogP contribution < -0.4 is 9.62 Å². The van der Waals surface area contributed by atoms with Crippen LogP contribution in [-0.2, 0) is 19.6 Å². The molecule has 0 radical (unpaired) electrons. The zero-order valence-electron chi connectivity index (χ0n) is 17.2. The van der Waals surface area contributed by atoms with Crippen molar-refractivity contribution in [3.63, 3.8) is 0 Å². The Hall–Kier alpha value is -3.72. The van der Waals surface area contributed by atoms with Crippen molar-refractivity contribution >= 4 is 33.3 Å². The molecule has 0 aliphatic heterocycles. The van der Waals surface area contributed by atoms with Gasteiger partial charge in [-0.1, -0.05) is 30.3 Å². The quantitative estimate of drug-likeness (QED) is 0.520. The first-order chi connectivity index (χ1) is 15.3. The summed E-state index contributed by atoms with van der Waals surface area (Å²) in [6.45, 7) is 1.29. The molecule has 7 nitrogen and oxygen atoms in total. The number of ether oxygens (including phenoxy) is 1. The summed E-state index contributed by atoms with van der Waals surface area (Å²) in [5.41, 5.74) is 0.699. The van der Waals surface area contributed by atoms with E-state index in [2.05, 4.69) is 5.32 Å². The lowest BCUT2D eigenvalue weighted by molar-refractivity contribution is -0.119. The summed E-state index contributed by atoms with van der Waals surface area (Å²) in [5.74, 6) is -2.04. The largest absolute Gasteiger partial charge is 0.452 e. The van der Waals surface area contributed by atoms with Crippen LogP contribution in [-0.4, -0.2) is 33.4 Å². The van der Waals surface area contributed by atoms with E-state index >= 15 is 0 Å². The fraction of sp³-hybridized carbons (Fsp3) is 0.130. The standard InChI is InChI=1S/C23H21FN2O5S/c1-2-26(20-11-4-3-5-12-20)32(29,30)21-13-6-8-17(14-21)23(28)31-16-22(27)25-19-10-7-9-18(24)15-19/h3-15H,2,16H2,1H3,(H,25,27). The van der Waals surface area contributed by atoms with Crippen LogP contribution in [0.2, 0.25) is 0 Å². The molecule has 9 heteroatoms. The molecule has 0 fully saturated rings. The van der Waals surface area contributed by atoms with Gasteiger partial charge in [-0.2, -0.15) is 0 Å². The SMILES string of the molecule is CCN(c1ccccc1)S(=O)(=O)c1cccc(C(=O)OCC(=O)Nc2cccc(F)c2)c1. The second kappa shape index (κ2) is 10.1. The van der Waals surface area contributed by atoms with Crippen molar-refractivity contribution in [3.05, 3.63) is 90.2 Å². The Balaban J connectivity index is 1.70. The number of esters is 1. The minimum absolute atomic E-state index is 0.0197. The number of amides is 1. The van der Waals surface area contributed by atoms with E-state index in [1.165, 1.54) is 46.8 Å². The van der Waals surface area contributed by atoms with Gasteiger partial charge in [-0.25, -0.2) is 17.6 Å². The molecule has 3 aromatic rings. The van der Waals surface area contributed by atoms with Crippen LogP contribution in [0.25, 0.3) is 0 Å². The average Bonchev–Trinajstić information content (AvgIpc) is 2.78. The monoisotopic (exact) mass is 456 g/mol. The molecule has 0 bridgehead atoms. The van der Waals surface area contributed by atoms with Gasteiger partial charge in [0, 0.05) is 12.2 Å². The van der Waals surface area contributed by atoms with Gasteiger partial charge in [0.05, 0.1) is 16.1 Å². The van der Waals surface area contributed by atoms with Crippen LogP contribution in [0, 0.1) is 5.82 Å². The maximum Gasteiger partial charge on any atom is 0.338 e.